The van der Waals surface area contributed by atoms with Crippen LogP contribution in [-0.2, 0) is 16.1 Å². The third-order valence-corrected chi connectivity index (χ3v) is 8.72. The monoisotopic (exact) mass is 563 g/mol. The molecule has 1 aliphatic heterocycles. The highest BCUT2D eigenvalue weighted by molar-refractivity contribution is 6.30. The van der Waals surface area contributed by atoms with Gasteiger partial charge in [0.25, 0.3) is 23.4 Å². The van der Waals surface area contributed by atoms with E-state index < -0.39 is 34.5 Å². The van der Waals surface area contributed by atoms with Crippen molar-refractivity contribution in [1.29, 1.82) is 0 Å². The molecule has 1 saturated heterocycles. The number of hydrazine groups is 1. The number of carbonyl (C=O) groups is 3. The largest absolute Gasteiger partial charge is 0.273 e. The maximum Gasteiger partial charge on any atom is 0.273 e. The maximum absolute atomic E-state index is 14.3. The van der Waals surface area contributed by atoms with Crippen LogP contribution in [0.2, 0.25) is 5.02 Å². The Kier molecular flexibility index (Phi) is 5.76. The molecule has 0 aromatic heterocycles. The molecule has 3 aliphatic carbocycles. The summed E-state index contributed by atoms with van der Waals surface area (Å²) < 4.78 is 0. The molecule has 8 rings (SSSR count). The van der Waals surface area contributed by atoms with Gasteiger partial charge in [-0.1, -0.05) is 72.3 Å². The first-order valence-corrected chi connectivity index (χ1v) is 13.6. The molecule has 2 atom stereocenters. The molecule has 9 heteroatoms. The second-order valence-corrected chi connectivity index (χ2v) is 11.0. The van der Waals surface area contributed by atoms with E-state index in [1.807, 2.05) is 48.5 Å². The molecule has 4 aromatic rings. The number of benzene rings is 4. The van der Waals surface area contributed by atoms with Gasteiger partial charge >= 0.3 is 0 Å². The molecule has 1 heterocycles. The predicted molar refractivity (Wildman–Crippen MR) is 150 cm³/mol. The number of imide groups is 1. The number of hydrogen-bond acceptors (Lipinski definition) is 5. The first-order chi connectivity index (χ1) is 19.8. The molecular weight excluding hydrogens is 542 g/mol. The molecule has 41 heavy (non-hydrogen) atoms. The Morgan fingerprint density at radius 3 is 1.66 bits per heavy atom. The summed E-state index contributed by atoms with van der Waals surface area (Å²) in [5.41, 5.74) is 4.75. The Morgan fingerprint density at radius 2 is 1.22 bits per heavy atom. The average molecular weight is 564 g/mol. The van der Waals surface area contributed by atoms with Crippen LogP contribution >= 0.6 is 11.6 Å². The number of nitrogens with zero attached hydrogens (tertiary/aromatic N) is 3. The van der Waals surface area contributed by atoms with E-state index in [1.54, 1.807) is 24.3 Å². The lowest BCUT2D eigenvalue weighted by Crippen LogP contribution is -2.50. The van der Waals surface area contributed by atoms with Crippen molar-refractivity contribution in [3.63, 3.8) is 0 Å². The molecule has 4 aromatic carbocycles. The Labute approximate surface area is 239 Å². The highest BCUT2D eigenvalue weighted by atomic mass is 35.5. The van der Waals surface area contributed by atoms with Crippen molar-refractivity contribution in [2.24, 2.45) is 11.8 Å². The van der Waals surface area contributed by atoms with Gasteiger partial charge in [0.05, 0.1) is 23.3 Å². The van der Waals surface area contributed by atoms with E-state index in [4.69, 9.17) is 11.6 Å². The number of rotatable bonds is 5. The lowest BCUT2D eigenvalue weighted by atomic mass is 9.55. The fourth-order valence-corrected chi connectivity index (χ4v) is 6.90. The SMILES string of the molecule is O=C(c1ccc([N+](=O)[O-])cc1)N(Cc1ccc(Cl)cc1)N1C(=O)[C@@H]2C3c4ccccc4C(c4ccccc43)[C@@H]2C1=O. The molecule has 0 N–H and O–H groups in total. The van der Waals surface area contributed by atoms with Crippen molar-refractivity contribution in [2.45, 2.75) is 18.4 Å². The number of halogens is 1. The minimum Gasteiger partial charge on any atom is -0.272 e. The highest BCUT2D eigenvalue weighted by Gasteiger charge is 2.63. The van der Waals surface area contributed by atoms with Gasteiger partial charge in [0.1, 0.15) is 0 Å². The molecule has 0 radical (unpaired) electrons. The Hall–Kier alpha value is -4.82. The van der Waals surface area contributed by atoms with Crippen LogP contribution in [0.25, 0.3) is 0 Å². The van der Waals surface area contributed by atoms with Gasteiger partial charge in [-0.05, 0) is 52.1 Å². The normalized spacial score (nSPS) is 21.7. The lowest BCUT2D eigenvalue weighted by Gasteiger charge is -2.45. The molecule has 4 aliphatic rings. The van der Waals surface area contributed by atoms with E-state index in [2.05, 4.69) is 0 Å². The van der Waals surface area contributed by atoms with Gasteiger partial charge in [-0.15, -0.1) is 0 Å². The first-order valence-electron chi connectivity index (χ1n) is 13.2. The van der Waals surface area contributed by atoms with E-state index in [9.17, 15) is 24.5 Å². The van der Waals surface area contributed by atoms with Crippen molar-refractivity contribution >= 4 is 35.0 Å². The van der Waals surface area contributed by atoms with Crippen molar-refractivity contribution < 1.29 is 19.3 Å². The number of non-ortho nitro benzene ring substituents is 1. The topological polar surface area (TPSA) is 101 Å². The molecular formula is C32H22ClN3O5. The lowest BCUT2D eigenvalue weighted by molar-refractivity contribution is -0.384. The second kappa shape index (κ2) is 9.38. The van der Waals surface area contributed by atoms with Gasteiger partial charge in [0.2, 0.25) is 0 Å². The van der Waals surface area contributed by atoms with E-state index >= 15 is 0 Å². The predicted octanol–water partition coefficient (Wildman–Crippen LogP) is 5.70. The summed E-state index contributed by atoms with van der Waals surface area (Å²) in [6.07, 6.45) is 0. The summed E-state index contributed by atoms with van der Waals surface area (Å²) >= 11 is 6.08. The summed E-state index contributed by atoms with van der Waals surface area (Å²) in [4.78, 5) is 53.3. The fourth-order valence-electron chi connectivity index (χ4n) is 6.77. The van der Waals surface area contributed by atoms with Crippen LogP contribution in [0.1, 0.15) is 50.0 Å². The van der Waals surface area contributed by atoms with Crippen LogP contribution in [0.4, 0.5) is 5.69 Å². The number of hydrogen-bond donors (Lipinski definition) is 0. The van der Waals surface area contributed by atoms with Crippen LogP contribution in [0.15, 0.2) is 97.1 Å². The summed E-state index contributed by atoms with van der Waals surface area (Å²) in [6, 6.07) is 27.8. The minimum absolute atomic E-state index is 0.0703. The molecule has 0 saturated carbocycles. The standard InChI is InChI=1S/C32H22ClN3O5/c33-20-13-9-18(10-14-20)17-34(30(37)19-11-15-21(16-12-19)36(40)41)35-31(38)28-26-22-5-1-2-6-23(22)27(29(28)32(35)39)25-8-4-3-7-24(25)26/h1-16,26-29H,17H2/t26?,27?,28-,29+. The van der Waals surface area contributed by atoms with Crippen LogP contribution < -0.4 is 0 Å². The van der Waals surface area contributed by atoms with Crippen LogP contribution in [0.5, 0.6) is 0 Å². The molecule has 0 spiro atoms. The zero-order valence-corrected chi connectivity index (χ0v) is 22.3. The van der Waals surface area contributed by atoms with Gasteiger partial charge in [-0.25, -0.2) is 5.01 Å². The van der Waals surface area contributed by atoms with Crippen LogP contribution in [0.3, 0.4) is 0 Å². The van der Waals surface area contributed by atoms with E-state index in [0.29, 0.717) is 10.6 Å². The van der Waals surface area contributed by atoms with Crippen molar-refractivity contribution in [3.8, 4) is 0 Å². The third-order valence-electron chi connectivity index (χ3n) is 8.47. The average Bonchev–Trinajstić information content (AvgIpc) is 3.26. The zero-order chi connectivity index (χ0) is 28.4. The minimum atomic E-state index is -0.658. The number of carbonyl (C=O) groups excluding carboxylic acids is 3. The van der Waals surface area contributed by atoms with Gasteiger partial charge in [0, 0.05) is 34.6 Å². The summed E-state index contributed by atoms with van der Waals surface area (Å²) in [5, 5.41) is 13.9. The van der Waals surface area contributed by atoms with Crippen LogP contribution in [0, 0.1) is 22.0 Å². The van der Waals surface area contributed by atoms with Crippen molar-refractivity contribution in [3.05, 3.63) is 146 Å². The Morgan fingerprint density at radius 1 is 0.756 bits per heavy atom. The molecule has 2 bridgehead atoms. The summed E-state index contributed by atoms with van der Waals surface area (Å²) in [6.45, 7) is -0.0703. The summed E-state index contributed by atoms with van der Waals surface area (Å²) in [7, 11) is 0. The van der Waals surface area contributed by atoms with Gasteiger partial charge < -0.3 is 0 Å². The fraction of sp³-hybridized carbons (Fsp3) is 0.156. The first kappa shape index (κ1) is 25.2. The molecule has 202 valence electrons. The maximum atomic E-state index is 14.3. The quantitative estimate of drug-likeness (QED) is 0.176. The summed E-state index contributed by atoms with van der Waals surface area (Å²) in [5.74, 6) is -3.41. The molecule has 1 fully saturated rings. The number of nitro groups is 1. The number of nitro benzene ring substituents is 1. The molecule has 3 amide bonds. The van der Waals surface area contributed by atoms with Gasteiger partial charge in [-0.3, -0.25) is 24.5 Å². The Balaban J connectivity index is 1.33. The third kappa shape index (κ3) is 3.78. The zero-order valence-electron chi connectivity index (χ0n) is 21.5. The van der Waals surface area contributed by atoms with Gasteiger partial charge in [-0.2, -0.15) is 5.01 Å². The van der Waals surface area contributed by atoms with Gasteiger partial charge in [0.15, 0.2) is 0 Å². The van der Waals surface area contributed by atoms with Crippen molar-refractivity contribution in [2.75, 3.05) is 0 Å². The molecule has 8 nitrogen and oxygen atoms in total. The Bertz CT molecular complexity index is 1640. The smallest absolute Gasteiger partial charge is 0.272 e. The van der Waals surface area contributed by atoms with E-state index in [-0.39, 0.29) is 29.6 Å². The number of amides is 3. The molecule has 0 unspecified atom stereocenters. The van der Waals surface area contributed by atoms with Crippen molar-refractivity contribution in [1.82, 2.24) is 10.0 Å². The second-order valence-electron chi connectivity index (χ2n) is 10.5. The van der Waals surface area contributed by atoms with Crippen LogP contribution in [-0.4, -0.2) is 32.7 Å². The van der Waals surface area contributed by atoms with E-state index in [0.717, 1.165) is 27.3 Å². The highest BCUT2D eigenvalue weighted by Crippen LogP contribution is 2.61. The van der Waals surface area contributed by atoms with E-state index in [1.165, 1.54) is 29.3 Å².